The van der Waals surface area contributed by atoms with Crippen molar-refractivity contribution in [3.05, 3.63) is 18.3 Å². The summed E-state index contributed by atoms with van der Waals surface area (Å²) in [4.78, 5) is 10.3. The molecule has 0 N–H and O–H groups in total. The van der Waals surface area contributed by atoms with E-state index >= 15 is 0 Å². The van der Waals surface area contributed by atoms with E-state index in [9.17, 15) is 4.79 Å². The molecule has 1 heterocycles. The molecule has 2 rings (SSSR count). The first-order chi connectivity index (χ1) is 7.24. The summed E-state index contributed by atoms with van der Waals surface area (Å²) < 4.78 is 11.6. The normalized spacial score (nSPS) is 10.3. The molecule has 0 aliphatic carbocycles. The first kappa shape index (κ1) is 9.51. The highest BCUT2D eigenvalue weighted by Gasteiger charge is 2.08. The zero-order valence-electron chi connectivity index (χ0n) is 8.43. The Morgan fingerprint density at radius 2 is 2.20 bits per heavy atom. The highest BCUT2D eigenvalue weighted by molar-refractivity contribution is 5.82. The molecule has 0 saturated carbocycles. The van der Waals surface area contributed by atoms with Crippen molar-refractivity contribution in [2.24, 2.45) is 7.05 Å². The first-order valence-electron chi connectivity index (χ1n) is 4.36. The molecule has 0 amide bonds. The number of carbonyl (C=O) groups excluding carboxylic acids is 1. The van der Waals surface area contributed by atoms with Crippen molar-refractivity contribution in [3.63, 3.8) is 0 Å². The Morgan fingerprint density at radius 3 is 2.87 bits per heavy atom. The van der Waals surface area contributed by atoms with Crippen molar-refractivity contribution < 1.29 is 14.3 Å². The van der Waals surface area contributed by atoms with Gasteiger partial charge in [-0.05, 0) is 6.07 Å². The van der Waals surface area contributed by atoms with Gasteiger partial charge in [-0.1, -0.05) is 0 Å². The third-order valence-electron chi connectivity index (χ3n) is 2.08. The van der Waals surface area contributed by atoms with Crippen LogP contribution in [0.15, 0.2) is 18.3 Å². The van der Waals surface area contributed by atoms with Crippen molar-refractivity contribution in [1.82, 2.24) is 9.78 Å². The summed E-state index contributed by atoms with van der Waals surface area (Å²) in [5.41, 5.74) is 0.799. The molecule has 2 aromatic rings. The Morgan fingerprint density at radius 1 is 1.40 bits per heavy atom. The number of ether oxygens (including phenoxy) is 2. The van der Waals surface area contributed by atoms with Crippen LogP contribution >= 0.6 is 0 Å². The highest BCUT2D eigenvalue weighted by Crippen LogP contribution is 2.31. The molecule has 0 radical (unpaired) electrons. The van der Waals surface area contributed by atoms with Gasteiger partial charge in [-0.2, -0.15) is 5.10 Å². The lowest BCUT2D eigenvalue weighted by Crippen LogP contribution is -1.93. The molecule has 0 saturated heterocycles. The fourth-order valence-electron chi connectivity index (χ4n) is 1.46. The molecule has 1 aromatic heterocycles. The SMILES string of the molecule is COc1cc2nn(C)cc2cc1OC=O. The maximum absolute atomic E-state index is 10.3. The minimum Gasteiger partial charge on any atom is -0.493 e. The van der Waals surface area contributed by atoms with E-state index in [1.807, 2.05) is 13.2 Å². The summed E-state index contributed by atoms with van der Waals surface area (Å²) in [6.45, 7) is 0.375. The second-order valence-electron chi connectivity index (χ2n) is 3.08. The first-order valence-corrected chi connectivity index (χ1v) is 4.36. The van der Waals surface area contributed by atoms with Gasteiger partial charge in [0.05, 0.1) is 12.6 Å². The third-order valence-corrected chi connectivity index (χ3v) is 2.08. The van der Waals surface area contributed by atoms with Crippen molar-refractivity contribution in [3.8, 4) is 11.5 Å². The van der Waals surface area contributed by atoms with Gasteiger partial charge in [0.25, 0.3) is 6.47 Å². The van der Waals surface area contributed by atoms with Gasteiger partial charge in [0.1, 0.15) is 0 Å². The van der Waals surface area contributed by atoms with Gasteiger partial charge in [0.15, 0.2) is 11.5 Å². The number of methoxy groups -OCH3 is 1. The van der Waals surface area contributed by atoms with Crippen molar-refractivity contribution >= 4 is 17.4 Å². The van der Waals surface area contributed by atoms with E-state index in [-0.39, 0.29) is 0 Å². The molecule has 0 unspecified atom stereocenters. The molecule has 0 aliphatic heterocycles. The summed E-state index contributed by atoms with van der Waals surface area (Å²) in [5.74, 6) is 0.890. The molecule has 0 fully saturated rings. The minimum absolute atomic E-state index is 0.375. The number of aryl methyl sites for hydroxylation is 1. The van der Waals surface area contributed by atoms with Crippen LogP contribution in [0.3, 0.4) is 0 Å². The molecule has 5 nitrogen and oxygen atoms in total. The Kier molecular flexibility index (Phi) is 2.29. The maximum atomic E-state index is 10.3. The Hall–Kier alpha value is -2.04. The lowest BCUT2D eigenvalue weighted by molar-refractivity contribution is -0.120. The van der Waals surface area contributed by atoms with Crippen LogP contribution in [0.2, 0.25) is 0 Å². The van der Waals surface area contributed by atoms with E-state index in [0.29, 0.717) is 18.0 Å². The van der Waals surface area contributed by atoms with Crippen molar-refractivity contribution in [2.45, 2.75) is 0 Å². The molecular formula is C10H10N2O3. The van der Waals surface area contributed by atoms with Gasteiger partial charge >= 0.3 is 0 Å². The molecule has 78 valence electrons. The van der Waals surface area contributed by atoms with Crippen LogP contribution < -0.4 is 9.47 Å². The predicted octanol–water partition coefficient (Wildman–Crippen LogP) is 1.12. The topological polar surface area (TPSA) is 53.4 Å². The number of aromatic nitrogens is 2. The number of hydrogen-bond donors (Lipinski definition) is 0. The zero-order valence-corrected chi connectivity index (χ0v) is 8.43. The summed E-state index contributed by atoms with van der Waals surface area (Å²) in [6, 6.07) is 3.45. The Labute approximate surface area is 86.2 Å². The average molecular weight is 206 g/mol. The summed E-state index contributed by atoms with van der Waals surface area (Å²) in [6.07, 6.45) is 1.84. The third kappa shape index (κ3) is 1.63. The summed E-state index contributed by atoms with van der Waals surface area (Å²) in [7, 11) is 3.34. The molecule has 5 heteroatoms. The molecule has 1 aromatic carbocycles. The van der Waals surface area contributed by atoms with E-state index < -0.39 is 0 Å². The van der Waals surface area contributed by atoms with E-state index in [1.54, 1.807) is 16.8 Å². The zero-order chi connectivity index (χ0) is 10.8. The fraction of sp³-hybridized carbons (Fsp3) is 0.200. The molecule has 0 spiro atoms. The standard InChI is InChI=1S/C10H10N2O3/c1-12-5-7-3-10(15-6-13)9(14-2)4-8(7)11-12/h3-6H,1-2H3. The van der Waals surface area contributed by atoms with Crippen molar-refractivity contribution in [2.75, 3.05) is 7.11 Å². The van der Waals surface area contributed by atoms with Crippen LogP contribution in [-0.4, -0.2) is 23.4 Å². The molecular weight excluding hydrogens is 196 g/mol. The summed E-state index contributed by atoms with van der Waals surface area (Å²) >= 11 is 0. The smallest absolute Gasteiger partial charge is 0.298 e. The summed E-state index contributed by atoms with van der Waals surface area (Å²) in [5, 5.41) is 5.11. The molecule has 0 atom stereocenters. The lowest BCUT2D eigenvalue weighted by atomic mass is 10.2. The fourth-order valence-corrected chi connectivity index (χ4v) is 1.46. The largest absolute Gasteiger partial charge is 0.493 e. The monoisotopic (exact) mass is 206 g/mol. The Bertz CT molecular complexity index is 505. The molecule has 0 aliphatic rings. The van der Waals surface area contributed by atoms with Gasteiger partial charge in [-0.25, -0.2) is 0 Å². The highest BCUT2D eigenvalue weighted by atomic mass is 16.5. The second kappa shape index (κ2) is 3.61. The van der Waals surface area contributed by atoms with Gasteiger partial charge in [0, 0.05) is 24.7 Å². The second-order valence-corrected chi connectivity index (χ2v) is 3.08. The van der Waals surface area contributed by atoms with Crippen LogP contribution in [0.4, 0.5) is 0 Å². The average Bonchev–Trinajstić information content (AvgIpc) is 2.56. The van der Waals surface area contributed by atoms with Crippen LogP contribution in [0.25, 0.3) is 10.9 Å². The van der Waals surface area contributed by atoms with E-state index in [4.69, 9.17) is 9.47 Å². The number of carbonyl (C=O) groups is 1. The Balaban J connectivity index is 2.62. The van der Waals surface area contributed by atoms with Gasteiger partial charge in [-0.3, -0.25) is 9.48 Å². The van der Waals surface area contributed by atoms with Gasteiger partial charge in [0.2, 0.25) is 0 Å². The van der Waals surface area contributed by atoms with E-state index in [1.165, 1.54) is 7.11 Å². The van der Waals surface area contributed by atoms with Crippen LogP contribution in [0.5, 0.6) is 11.5 Å². The number of benzene rings is 1. The quantitative estimate of drug-likeness (QED) is 0.706. The minimum atomic E-state index is 0.375. The van der Waals surface area contributed by atoms with Crippen LogP contribution in [-0.2, 0) is 11.8 Å². The van der Waals surface area contributed by atoms with Gasteiger partial charge in [-0.15, -0.1) is 0 Å². The molecule has 0 bridgehead atoms. The lowest BCUT2D eigenvalue weighted by Gasteiger charge is -2.04. The van der Waals surface area contributed by atoms with E-state index in [0.717, 1.165) is 10.9 Å². The van der Waals surface area contributed by atoms with E-state index in [2.05, 4.69) is 5.10 Å². The maximum Gasteiger partial charge on any atom is 0.298 e. The van der Waals surface area contributed by atoms with Crippen LogP contribution in [0, 0.1) is 0 Å². The number of fused-ring (bicyclic) bond motifs is 1. The number of hydrogen-bond acceptors (Lipinski definition) is 4. The van der Waals surface area contributed by atoms with Gasteiger partial charge < -0.3 is 9.47 Å². The van der Waals surface area contributed by atoms with Crippen LogP contribution in [0.1, 0.15) is 0 Å². The number of rotatable bonds is 3. The molecule has 15 heavy (non-hydrogen) atoms. The number of nitrogens with zero attached hydrogens (tertiary/aromatic N) is 2. The van der Waals surface area contributed by atoms with Crippen molar-refractivity contribution in [1.29, 1.82) is 0 Å². The predicted molar refractivity (Wildman–Crippen MR) is 54.0 cm³/mol.